The van der Waals surface area contributed by atoms with E-state index in [0.717, 1.165) is 11.1 Å². The average Bonchev–Trinajstić information content (AvgIpc) is 2.64. The molecule has 3 rings (SSSR count). The van der Waals surface area contributed by atoms with Crippen molar-refractivity contribution >= 4 is 19.5 Å². The van der Waals surface area contributed by atoms with Gasteiger partial charge in [-0.15, -0.1) is 0 Å². The van der Waals surface area contributed by atoms with Gasteiger partial charge in [0.1, 0.15) is 0 Å². The summed E-state index contributed by atoms with van der Waals surface area (Å²) >= 11 is 0. The van der Waals surface area contributed by atoms with Crippen LogP contribution in [0.5, 0.6) is 0 Å². The summed E-state index contributed by atoms with van der Waals surface area (Å²) in [5.74, 6) is 0. The number of allylic oxidation sites excluding steroid dienone is 1. The van der Waals surface area contributed by atoms with Crippen molar-refractivity contribution in [1.82, 2.24) is 0 Å². The lowest BCUT2D eigenvalue weighted by molar-refractivity contribution is 0.189. The summed E-state index contributed by atoms with van der Waals surface area (Å²) in [6.45, 7) is 11.4. The normalized spacial score (nSPS) is 18.4. The zero-order valence-electron chi connectivity index (χ0n) is 17.9. The highest BCUT2D eigenvalue weighted by atomic mass is 31.2. The number of hydrogen-bond donors (Lipinski definition) is 2. The van der Waals surface area contributed by atoms with E-state index in [-0.39, 0.29) is 17.4 Å². The number of phosphoric acid groups is 1. The largest absolute Gasteiger partial charge is 0.469 e. The van der Waals surface area contributed by atoms with Crippen LogP contribution in [-0.2, 0) is 26.5 Å². The molecule has 0 atom stereocenters. The number of phosphoric ester groups is 1. The van der Waals surface area contributed by atoms with E-state index in [1.165, 1.54) is 35.1 Å². The van der Waals surface area contributed by atoms with E-state index >= 15 is 0 Å². The van der Waals surface area contributed by atoms with E-state index in [4.69, 9.17) is 9.79 Å². The van der Waals surface area contributed by atoms with Crippen molar-refractivity contribution in [1.29, 1.82) is 0 Å². The highest BCUT2D eigenvalue weighted by Gasteiger charge is 2.36. The molecule has 0 aliphatic heterocycles. The first-order chi connectivity index (χ1) is 13.4. The maximum absolute atomic E-state index is 10.8. The molecule has 0 aromatic heterocycles. The fourth-order valence-corrected chi connectivity index (χ4v) is 4.35. The van der Waals surface area contributed by atoms with Gasteiger partial charge in [0.2, 0.25) is 0 Å². The van der Waals surface area contributed by atoms with Crippen LogP contribution in [0.25, 0.3) is 11.6 Å². The first-order valence-corrected chi connectivity index (χ1v) is 11.5. The summed E-state index contributed by atoms with van der Waals surface area (Å²) in [7, 11) is -4.45. The molecule has 4 nitrogen and oxygen atoms in total. The molecule has 0 bridgehead atoms. The van der Waals surface area contributed by atoms with Gasteiger partial charge in [0.15, 0.2) is 0 Å². The molecule has 0 unspecified atom stereocenters. The molecule has 0 saturated carbocycles. The fourth-order valence-electron chi connectivity index (χ4n) is 4.04. The van der Waals surface area contributed by atoms with Crippen LogP contribution in [-0.4, -0.2) is 9.79 Å². The molecule has 5 heteroatoms. The van der Waals surface area contributed by atoms with Gasteiger partial charge in [-0.25, -0.2) is 4.57 Å². The minimum atomic E-state index is -4.45. The van der Waals surface area contributed by atoms with E-state index in [2.05, 4.69) is 63.4 Å². The van der Waals surface area contributed by atoms with Crippen molar-refractivity contribution in [2.75, 3.05) is 0 Å². The Labute approximate surface area is 173 Å². The highest BCUT2D eigenvalue weighted by Crippen LogP contribution is 2.46. The van der Waals surface area contributed by atoms with Crippen LogP contribution in [0.2, 0.25) is 0 Å². The molecule has 29 heavy (non-hydrogen) atoms. The number of hydrogen-bond acceptors (Lipinski definition) is 2. The smallest absolute Gasteiger partial charge is 0.303 e. The van der Waals surface area contributed by atoms with Gasteiger partial charge in [0.25, 0.3) is 0 Å². The summed E-state index contributed by atoms with van der Waals surface area (Å²) in [6, 6.07) is 14.4. The molecular weight excluding hydrogens is 383 g/mol. The Kier molecular flexibility index (Phi) is 5.95. The highest BCUT2D eigenvalue weighted by molar-refractivity contribution is 7.46. The maximum Gasteiger partial charge on any atom is 0.469 e. The molecule has 2 N–H and O–H groups in total. The van der Waals surface area contributed by atoms with E-state index in [1.54, 1.807) is 0 Å². The second-order valence-corrected chi connectivity index (χ2v) is 10.6. The predicted octanol–water partition coefficient (Wildman–Crippen LogP) is 6.21. The van der Waals surface area contributed by atoms with Crippen LogP contribution < -0.4 is 0 Å². The molecule has 0 amide bonds. The molecular formula is C24H31O4P. The zero-order valence-corrected chi connectivity index (χ0v) is 18.8. The third-order valence-corrected chi connectivity index (χ3v) is 6.54. The van der Waals surface area contributed by atoms with Gasteiger partial charge in [0.05, 0.1) is 6.61 Å². The molecule has 1 aliphatic rings. The number of rotatable bonds is 5. The minimum absolute atomic E-state index is 0.108. The molecule has 0 fully saturated rings. The second kappa shape index (κ2) is 7.85. The van der Waals surface area contributed by atoms with Crippen LogP contribution in [0, 0.1) is 0 Å². The van der Waals surface area contributed by atoms with Gasteiger partial charge < -0.3 is 9.79 Å². The topological polar surface area (TPSA) is 66.8 Å². The van der Waals surface area contributed by atoms with Crippen LogP contribution in [0.15, 0.2) is 42.5 Å². The van der Waals surface area contributed by atoms with Gasteiger partial charge in [-0.1, -0.05) is 76.2 Å². The Morgan fingerprint density at radius 3 is 2.17 bits per heavy atom. The average molecular weight is 414 g/mol. The van der Waals surface area contributed by atoms with E-state index in [1.807, 2.05) is 24.3 Å². The van der Waals surface area contributed by atoms with Crippen molar-refractivity contribution in [3.8, 4) is 0 Å². The first kappa shape index (κ1) is 22.0. The Hall–Kier alpha value is -1.71. The molecule has 2 aromatic carbocycles. The lowest BCUT2D eigenvalue weighted by Gasteiger charge is -2.42. The standard InChI is InChI=1S/C24H31O4P/c1-17(14-18-6-8-19(9-7-18)16-28-29(25,26)27)20-10-11-21-22(15-20)24(4,5)13-12-23(21,2)3/h6-11,14-15H,12-13,16H2,1-5H3,(H2,25,26,27). The quantitative estimate of drug-likeness (QED) is 0.451. The summed E-state index contributed by atoms with van der Waals surface area (Å²) < 4.78 is 15.4. The monoisotopic (exact) mass is 414 g/mol. The third kappa shape index (κ3) is 5.26. The summed E-state index contributed by atoms with van der Waals surface area (Å²) in [4.78, 5) is 17.6. The van der Waals surface area contributed by atoms with Crippen molar-refractivity contribution in [2.24, 2.45) is 0 Å². The third-order valence-electron chi connectivity index (χ3n) is 6.07. The first-order valence-electron chi connectivity index (χ1n) is 10.0. The molecule has 0 heterocycles. The summed E-state index contributed by atoms with van der Waals surface area (Å²) in [6.07, 6.45) is 4.53. The maximum atomic E-state index is 10.8. The molecule has 2 aromatic rings. The molecule has 0 radical (unpaired) electrons. The fraction of sp³-hybridized carbons (Fsp3) is 0.417. The van der Waals surface area contributed by atoms with Crippen LogP contribution >= 0.6 is 7.82 Å². The van der Waals surface area contributed by atoms with Gasteiger partial charge in [-0.05, 0) is 64.0 Å². The van der Waals surface area contributed by atoms with E-state index in [9.17, 15) is 4.57 Å². The van der Waals surface area contributed by atoms with Gasteiger partial charge in [0, 0.05) is 0 Å². The number of benzene rings is 2. The summed E-state index contributed by atoms with van der Waals surface area (Å²) in [5, 5.41) is 0. The lowest BCUT2D eigenvalue weighted by Crippen LogP contribution is -2.33. The Balaban J connectivity index is 1.84. The second-order valence-electron chi connectivity index (χ2n) is 9.36. The Morgan fingerprint density at radius 2 is 1.59 bits per heavy atom. The van der Waals surface area contributed by atoms with Crippen LogP contribution in [0.1, 0.15) is 75.3 Å². The minimum Gasteiger partial charge on any atom is -0.303 e. The predicted molar refractivity (Wildman–Crippen MR) is 119 cm³/mol. The van der Waals surface area contributed by atoms with Gasteiger partial charge in [-0.2, -0.15) is 0 Å². The SMILES string of the molecule is CC(=Cc1ccc(COP(=O)(O)O)cc1)c1ccc2c(c1)C(C)(C)CCC2(C)C. The van der Waals surface area contributed by atoms with Crippen LogP contribution in [0.4, 0.5) is 0 Å². The van der Waals surface area contributed by atoms with E-state index in [0.29, 0.717) is 0 Å². The van der Waals surface area contributed by atoms with Crippen molar-refractivity contribution in [3.05, 3.63) is 70.3 Å². The molecule has 156 valence electrons. The van der Waals surface area contributed by atoms with Crippen molar-refractivity contribution in [2.45, 2.75) is 64.9 Å². The van der Waals surface area contributed by atoms with Gasteiger partial charge in [-0.3, -0.25) is 4.52 Å². The van der Waals surface area contributed by atoms with Crippen molar-refractivity contribution in [3.63, 3.8) is 0 Å². The zero-order chi connectivity index (χ0) is 21.4. The summed E-state index contributed by atoms with van der Waals surface area (Å²) in [5.41, 5.74) is 7.48. The Morgan fingerprint density at radius 1 is 1.00 bits per heavy atom. The van der Waals surface area contributed by atoms with E-state index < -0.39 is 7.82 Å². The molecule has 0 spiro atoms. The number of fused-ring (bicyclic) bond motifs is 1. The van der Waals surface area contributed by atoms with Crippen molar-refractivity contribution < 1.29 is 18.9 Å². The molecule has 0 saturated heterocycles. The van der Waals surface area contributed by atoms with Crippen LogP contribution in [0.3, 0.4) is 0 Å². The molecule has 1 aliphatic carbocycles. The lowest BCUT2D eigenvalue weighted by atomic mass is 9.63. The van der Waals surface area contributed by atoms with Gasteiger partial charge >= 0.3 is 7.82 Å². The Bertz CT molecular complexity index is 965.